The molecule has 0 saturated heterocycles. The second-order valence-corrected chi connectivity index (χ2v) is 4.69. The Balaban J connectivity index is 2.14. The van der Waals surface area contributed by atoms with Crippen molar-refractivity contribution in [2.24, 2.45) is 0 Å². The highest BCUT2D eigenvalue weighted by Gasteiger charge is 2.21. The van der Waals surface area contributed by atoms with Crippen LogP contribution in [0.2, 0.25) is 0 Å². The molecule has 0 aliphatic rings. The summed E-state index contributed by atoms with van der Waals surface area (Å²) in [5.41, 5.74) is 2.82. The van der Waals surface area contributed by atoms with Crippen molar-refractivity contribution in [3.8, 4) is 0 Å². The number of nitrogens with one attached hydrogen (secondary N) is 1. The Labute approximate surface area is 116 Å². The maximum Gasteiger partial charge on any atom is 0.355 e. The molecule has 106 valence electrons. The average molecular weight is 276 g/mol. The van der Waals surface area contributed by atoms with E-state index >= 15 is 0 Å². The maximum atomic E-state index is 12.0. The van der Waals surface area contributed by atoms with Gasteiger partial charge in [-0.05, 0) is 33.3 Å². The van der Waals surface area contributed by atoms with Gasteiger partial charge >= 0.3 is 5.97 Å². The molecule has 0 spiro atoms. The molecule has 2 heterocycles. The normalized spacial score (nSPS) is 10.6. The first kappa shape index (κ1) is 14.0. The molecule has 0 aliphatic carbocycles. The minimum Gasteiger partial charge on any atom is -0.453 e. The van der Waals surface area contributed by atoms with Gasteiger partial charge in [0.15, 0.2) is 18.2 Å². The number of ether oxygens (including phenoxy) is 1. The monoisotopic (exact) mass is 276 g/mol. The quantitative estimate of drug-likeness (QED) is 0.685. The topological polar surface area (TPSA) is 85.2 Å². The van der Waals surface area contributed by atoms with Gasteiger partial charge in [0.05, 0.1) is 5.69 Å². The highest BCUT2D eigenvalue weighted by atomic mass is 16.5. The van der Waals surface area contributed by atoms with Gasteiger partial charge < -0.3 is 14.2 Å². The van der Waals surface area contributed by atoms with E-state index in [1.807, 2.05) is 0 Å². The van der Waals surface area contributed by atoms with Crippen molar-refractivity contribution in [1.82, 2.24) is 10.1 Å². The molecular formula is C14H16N2O4. The van der Waals surface area contributed by atoms with Crippen molar-refractivity contribution in [2.75, 3.05) is 0 Å². The van der Waals surface area contributed by atoms with Gasteiger partial charge in [-0.3, -0.25) is 4.79 Å². The first-order valence-corrected chi connectivity index (χ1v) is 6.19. The van der Waals surface area contributed by atoms with E-state index in [1.165, 1.54) is 6.92 Å². The second kappa shape index (κ2) is 5.32. The van der Waals surface area contributed by atoms with Crippen LogP contribution in [0.4, 0.5) is 0 Å². The van der Waals surface area contributed by atoms with E-state index in [1.54, 1.807) is 26.8 Å². The number of aryl methyl sites for hydroxylation is 2. The molecule has 0 atom stereocenters. The number of hydrogen-bond donors (Lipinski definition) is 1. The summed E-state index contributed by atoms with van der Waals surface area (Å²) in [6, 6.07) is 1.70. The van der Waals surface area contributed by atoms with Gasteiger partial charge in [0, 0.05) is 17.3 Å². The lowest BCUT2D eigenvalue weighted by molar-refractivity contribution is 0.0430. The number of hydrogen-bond acceptors (Lipinski definition) is 5. The fraction of sp³-hybridized carbons (Fsp3) is 0.357. The summed E-state index contributed by atoms with van der Waals surface area (Å²) in [6.07, 6.45) is 0. The van der Waals surface area contributed by atoms with Crippen LogP contribution in [-0.2, 0) is 11.3 Å². The third-order valence-electron chi connectivity index (χ3n) is 3.02. The summed E-state index contributed by atoms with van der Waals surface area (Å²) in [4.78, 5) is 26.4. The predicted octanol–water partition coefficient (Wildman–Crippen LogP) is 2.49. The number of carbonyl (C=O) groups excluding carboxylic acids is 2. The number of H-pyrrole nitrogens is 1. The van der Waals surface area contributed by atoms with E-state index in [0.29, 0.717) is 28.3 Å². The van der Waals surface area contributed by atoms with Crippen LogP contribution in [0.3, 0.4) is 0 Å². The van der Waals surface area contributed by atoms with Crippen LogP contribution >= 0.6 is 0 Å². The van der Waals surface area contributed by atoms with Gasteiger partial charge in [0.25, 0.3) is 0 Å². The van der Waals surface area contributed by atoms with Crippen LogP contribution in [-0.4, -0.2) is 21.9 Å². The summed E-state index contributed by atoms with van der Waals surface area (Å²) in [5, 5.41) is 3.71. The summed E-state index contributed by atoms with van der Waals surface area (Å²) < 4.78 is 10.1. The molecule has 6 heteroatoms. The molecule has 0 aromatic carbocycles. The van der Waals surface area contributed by atoms with Crippen LogP contribution in [0.25, 0.3) is 0 Å². The van der Waals surface area contributed by atoms with E-state index in [0.717, 1.165) is 5.69 Å². The molecule has 6 nitrogen and oxygen atoms in total. The van der Waals surface area contributed by atoms with Crippen LogP contribution in [0, 0.1) is 20.8 Å². The molecule has 2 rings (SSSR count). The number of rotatable bonds is 4. The summed E-state index contributed by atoms with van der Waals surface area (Å²) in [5.74, 6) is -0.128. The molecule has 0 saturated carbocycles. The van der Waals surface area contributed by atoms with Crippen molar-refractivity contribution < 1.29 is 18.8 Å². The smallest absolute Gasteiger partial charge is 0.355 e. The second-order valence-electron chi connectivity index (χ2n) is 4.69. The Kier molecular flexibility index (Phi) is 3.74. The Hall–Kier alpha value is -2.37. The molecule has 20 heavy (non-hydrogen) atoms. The van der Waals surface area contributed by atoms with E-state index in [4.69, 9.17) is 9.26 Å². The molecule has 2 aromatic rings. The van der Waals surface area contributed by atoms with Gasteiger partial charge in [-0.2, -0.15) is 0 Å². The van der Waals surface area contributed by atoms with E-state index in [9.17, 15) is 9.59 Å². The SMILES string of the molecule is CC(=O)c1c(C)[nH]c(C(=O)OCc2cc(C)no2)c1C. The van der Waals surface area contributed by atoms with Crippen LogP contribution in [0.1, 0.15) is 50.5 Å². The Morgan fingerprint density at radius 2 is 2.05 bits per heavy atom. The fourth-order valence-corrected chi connectivity index (χ4v) is 2.18. The number of carbonyl (C=O) groups is 2. The number of aromatic nitrogens is 2. The van der Waals surface area contributed by atoms with Gasteiger partial charge in [0.2, 0.25) is 0 Å². The lowest BCUT2D eigenvalue weighted by atomic mass is 10.1. The van der Waals surface area contributed by atoms with Gasteiger partial charge in [0.1, 0.15) is 5.69 Å². The molecule has 0 fully saturated rings. The summed E-state index contributed by atoms with van der Waals surface area (Å²) in [6.45, 7) is 6.73. The molecule has 0 unspecified atom stereocenters. The Morgan fingerprint density at radius 3 is 2.55 bits per heavy atom. The number of esters is 1. The highest BCUT2D eigenvalue weighted by molar-refractivity contribution is 6.01. The first-order valence-electron chi connectivity index (χ1n) is 6.19. The largest absolute Gasteiger partial charge is 0.453 e. The Morgan fingerprint density at radius 1 is 1.35 bits per heavy atom. The maximum absolute atomic E-state index is 12.0. The lowest BCUT2D eigenvalue weighted by Crippen LogP contribution is -2.07. The van der Waals surface area contributed by atoms with Gasteiger partial charge in [-0.25, -0.2) is 4.79 Å². The van der Waals surface area contributed by atoms with Crippen LogP contribution in [0.15, 0.2) is 10.6 Å². The van der Waals surface area contributed by atoms with Crippen molar-refractivity contribution in [3.05, 3.63) is 40.0 Å². The number of nitrogens with zero attached hydrogens (tertiary/aromatic N) is 1. The van der Waals surface area contributed by atoms with Crippen molar-refractivity contribution in [3.63, 3.8) is 0 Å². The molecule has 0 amide bonds. The zero-order valence-electron chi connectivity index (χ0n) is 11.9. The zero-order chi connectivity index (χ0) is 14.9. The first-order chi connectivity index (χ1) is 9.40. The molecular weight excluding hydrogens is 260 g/mol. The molecule has 0 radical (unpaired) electrons. The zero-order valence-corrected chi connectivity index (χ0v) is 11.9. The summed E-state index contributed by atoms with van der Waals surface area (Å²) in [7, 11) is 0. The molecule has 0 aliphatic heterocycles. The average Bonchev–Trinajstić information content (AvgIpc) is 2.90. The van der Waals surface area contributed by atoms with Crippen molar-refractivity contribution in [2.45, 2.75) is 34.3 Å². The van der Waals surface area contributed by atoms with E-state index in [-0.39, 0.29) is 12.4 Å². The Bertz CT molecular complexity index is 667. The third kappa shape index (κ3) is 2.64. The van der Waals surface area contributed by atoms with Crippen LogP contribution in [0.5, 0.6) is 0 Å². The van der Waals surface area contributed by atoms with Gasteiger partial charge in [-0.15, -0.1) is 0 Å². The fourth-order valence-electron chi connectivity index (χ4n) is 2.18. The minimum atomic E-state index is -0.521. The number of Topliss-reactive ketones (excluding diaryl/α,β-unsaturated/α-hetero) is 1. The standard InChI is InChI=1S/C14H16N2O4/c1-7-5-11(20-16-7)6-19-14(18)13-8(2)12(10(4)17)9(3)15-13/h5,15H,6H2,1-4H3. The van der Waals surface area contributed by atoms with E-state index in [2.05, 4.69) is 10.1 Å². The van der Waals surface area contributed by atoms with Gasteiger partial charge in [-0.1, -0.05) is 5.16 Å². The van der Waals surface area contributed by atoms with Crippen molar-refractivity contribution in [1.29, 1.82) is 0 Å². The predicted molar refractivity (Wildman–Crippen MR) is 70.6 cm³/mol. The highest BCUT2D eigenvalue weighted by Crippen LogP contribution is 2.19. The number of ketones is 1. The molecule has 0 bridgehead atoms. The molecule has 2 aromatic heterocycles. The molecule has 1 N–H and O–H groups in total. The summed E-state index contributed by atoms with van der Waals surface area (Å²) >= 11 is 0. The van der Waals surface area contributed by atoms with Crippen molar-refractivity contribution >= 4 is 11.8 Å². The van der Waals surface area contributed by atoms with Crippen LogP contribution < -0.4 is 0 Å². The van der Waals surface area contributed by atoms with E-state index < -0.39 is 5.97 Å². The number of aromatic amines is 1. The lowest BCUT2D eigenvalue weighted by Gasteiger charge is -2.01. The minimum absolute atomic E-state index is 0.00653. The third-order valence-corrected chi connectivity index (χ3v) is 3.02.